The van der Waals surface area contributed by atoms with Crippen molar-refractivity contribution < 1.29 is 18.6 Å². The fraction of sp³-hybridized carbons (Fsp3) is 0.357. The van der Waals surface area contributed by atoms with Crippen LogP contribution in [-0.2, 0) is 25.1 Å². The zero-order valence-electron chi connectivity index (χ0n) is 10.7. The Bertz CT molecular complexity index is 319. The number of rotatable bonds is 4. The van der Waals surface area contributed by atoms with Gasteiger partial charge in [-0.15, -0.1) is 6.54 Å². The molecule has 0 bridgehead atoms. The Kier molecular flexibility index (Phi) is 9.65. The zero-order valence-corrected chi connectivity index (χ0v) is 12.1. The van der Waals surface area contributed by atoms with Crippen molar-refractivity contribution in [3.8, 4) is 0 Å². The molecule has 2 heteroatoms. The minimum absolute atomic E-state index is 0. The van der Waals surface area contributed by atoms with Gasteiger partial charge < -0.3 is 12.7 Å². The van der Waals surface area contributed by atoms with E-state index >= 15 is 0 Å². The van der Waals surface area contributed by atoms with Gasteiger partial charge in [0.05, 0.1) is 0 Å². The molecular formula is C14H21NV. The fourth-order valence-corrected chi connectivity index (χ4v) is 1.70. The molecule has 0 heterocycles. The van der Waals surface area contributed by atoms with Gasteiger partial charge in [-0.25, -0.2) is 0 Å². The smallest absolute Gasteiger partial charge is 0.661 e. The maximum absolute atomic E-state index is 4.21. The number of hydrogen-bond acceptors (Lipinski definition) is 0. The van der Waals surface area contributed by atoms with Crippen LogP contribution in [0.5, 0.6) is 0 Å². The van der Waals surface area contributed by atoms with Gasteiger partial charge in [0.15, 0.2) is 0 Å². The molecule has 1 aromatic rings. The average molecular weight is 254 g/mol. The SMILES string of the molecule is C=Cc1cccc(C(C)C)c1C[N-]C.[CH3-].[V+2]. The molecule has 0 saturated heterocycles. The van der Waals surface area contributed by atoms with Crippen LogP contribution in [0.2, 0.25) is 0 Å². The third-order valence-corrected chi connectivity index (χ3v) is 2.41. The van der Waals surface area contributed by atoms with Crippen LogP contribution >= 0.6 is 0 Å². The Hall–Kier alpha value is -0.496. The average Bonchev–Trinajstić information content (AvgIpc) is 2.18. The third-order valence-electron chi connectivity index (χ3n) is 2.41. The summed E-state index contributed by atoms with van der Waals surface area (Å²) >= 11 is 0. The monoisotopic (exact) mass is 254 g/mol. The molecule has 0 unspecified atom stereocenters. The van der Waals surface area contributed by atoms with E-state index in [2.05, 4.69) is 43.9 Å². The Balaban J connectivity index is 0. The van der Waals surface area contributed by atoms with Crippen LogP contribution in [0, 0.1) is 7.43 Å². The molecule has 0 amide bonds. The van der Waals surface area contributed by atoms with Crippen molar-refractivity contribution >= 4 is 6.08 Å². The van der Waals surface area contributed by atoms with Crippen LogP contribution in [0.3, 0.4) is 0 Å². The van der Waals surface area contributed by atoms with E-state index in [1.807, 2.05) is 13.1 Å². The molecule has 1 nitrogen and oxygen atoms in total. The molecule has 87 valence electrons. The normalized spacial score (nSPS) is 9.25. The van der Waals surface area contributed by atoms with Crippen molar-refractivity contribution in [1.29, 1.82) is 0 Å². The Labute approximate surface area is 112 Å². The quantitative estimate of drug-likeness (QED) is 0.707. The van der Waals surface area contributed by atoms with Crippen LogP contribution < -0.4 is 0 Å². The van der Waals surface area contributed by atoms with E-state index in [0.29, 0.717) is 5.92 Å². The Morgan fingerprint density at radius 1 is 1.38 bits per heavy atom. The van der Waals surface area contributed by atoms with Gasteiger partial charge in [-0.2, -0.15) is 7.05 Å². The molecule has 0 atom stereocenters. The predicted octanol–water partition coefficient (Wildman–Crippen LogP) is 4.40. The van der Waals surface area contributed by atoms with E-state index in [9.17, 15) is 0 Å². The zero-order chi connectivity index (χ0) is 10.6. The molecule has 1 rings (SSSR count). The molecule has 0 saturated carbocycles. The Morgan fingerprint density at radius 2 is 2.00 bits per heavy atom. The largest absolute Gasteiger partial charge is 2.00 e. The topological polar surface area (TPSA) is 14.1 Å². The standard InChI is InChI=1S/C13H18N.CH3.V/c1-5-11-7-6-8-12(10(2)3)13(11)9-14-4;;/h5-8,10H,1,9H2,2-4H3;1H3;/q2*-1;+2. The number of hydrogen-bond donors (Lipinski definition) is 0. The molecule has 0 aromatic heterocycles. The van der Waals surface area contributed by atoms with Crippen LogP contribution in [0.4, 0.5) is 0 Å². The molecule has 0 aliphatic carbocycles. The fourth-order valence-electron chi connectivity index (χ4n) is 1.70. The van der Waals surface area contributed by atoms with Gasteiger partial charge in [-0.1, -0.05) is 50.3 Å². The van der Waals surface area contributed by atoms with E-state index < -0.39 is 0 Å². The molecule has 16 heavy (non-hydrogen) atoms. The van der Waals surface area contributed by atoms with Gasteiger partial charge in [0, 0.05) is 0 Å². The summed E-state index contributed by atoms with van der Waals surface area (Å²) in [5.41, 5.74) is 3.91. The van der Waals surface area contributed by atoms with Crippen LogP contribution in [0.25, 0.3) is 11.4 Å². The summed E-state index contributed by atoms with van der Waals surface area (Å²) in [5, 5.41) is 4.21. The minimum Gasteiger partial charge on any atom is -0.661 e. The first-order valence-corrected chi connectivity index (χ1v) is 5.00. The van der Waals surface area contributed by atoms with Crippen LogP contribution in [-0.4, -0.2) is 7.05 Å². The van der Waals surface area contributed by atoms with Gasteiger partial charge in [0.2, 0.25) is 0 Å². The summed E-state index contributed by atoms with van der Waals surface area (Å²) in [7, 11) is 1.85. The summed E-state index contributed by atoms with van der Waals surface area (Å²) in [6, 6.07) is 6.36. The first-order valence-electron chi connectivity index (χ1n) is 5.00. The van der Waals surface area contributed by atoms with E-state index in [4.69, 9.17) is 0 Å². The second kappa shape index (κ2) is 8.63. The molecule has 0 aliphatic heterocycles. The van der Waals surface area contributed by atoms with Crippen LogP contribution in [0.15, 0.2) is 24.8 Å². The third kappa shape index (κ3) is 4.17. The molecule has 0 fully saturated rings. The summed E-state index contributed by atoms with van der Waals surface area (Å²) in [6.45, 7) is 9.04. The van der Waals surface area contributed by atoms with Crippen molar-refractivity contribution in [2.24, 2.45) is 0 Å². The maximum atomic E-state index is 4.21. The van der Waals surface area contributed by atoms with Crippen molar-refractivity contribution in [3.63, 3.8) is 0 Å². The van der Waals surface area contributed by atoms with E-state index in [0.717, 1.165) is 6.54 Å². The number of nitrogens with zero attached hydrogens (tertiary/aromatic N) is 1. The molecule has 0 spiro atoms. The van der Waals surface area contributed by atoms with Crippen molar-refractivity contribution in [2.45, 2.75) is 26.3 Å². The van der Waals surface area contributed by atoms with Crippen LogP contribution in [0.1, 0.15) is 36.5 Å². The molecular weight excluding hydrogens is 233 g/mol. The number of benzene rings is 1. The van der Waals surface area contributed by atoms with Gasteiger partial charge in [-0.05, 0) is 17.0 Å². The van der Waals surface area contributed by atoms with Gasteiger partial charge in [0.25, 0.3) is 0 Å². The van der Waals surface area contributed by atoms with Gasteiger partial charge in [0.1, 0.15) is 0 Å². The maximum Gasteiger partial charge on any atom is 2.00 e. The van der Waals surface area contributed by atoms with Crippen molar-refractivity contribution in [2.75, 3.05) is 7.05 Å². The van der Waals surface area contributed by atoms with E-state index in [1.54, 1.807) is 0 Å². The van der Waals surface area contributed by atoms with Crippen molar-refractivity contribution in [1.82, 2.24) is 0 Å². The van der Waals surface area contributed by atoms with Crippen molar-refractivity contribution in [3.05, 3.63) is 54.2 Å². The van der Waals surface area contributed by atoms with E-state index in [1.165, 1.54) is 16.7 Å². The first-order chi connectivity index (χ1) is 6.70. The Morgan fingerprint density at radius 3 is 2.44 bits per heavy atom. The summed E-state index contributed by atoms with van der Waals surface area (Å²) in [6.07, 6.45) is 1.91. The molecule has 0 aliphatic rings. The van der Waals surface area contributed by atoms with E-state index in [-0.39, 0.29) is 26.0 Å². The predicted molar refractivity (Wildman–Crippen MR) is 70.0 cm³/mol. The molecule has 0 N–H and O–H groups in total. The summed E-state index contributed by atoms with van der Waals surface area (Å²) in [5.74, 6) is 0.548. The van der Waals surface area contributed by atoms with Gasteiger partial charge >= 0.3 is 18.6 Å². The summed E-state index contributed by atoms with van der Waals surface area (Å²) < 4.78 is 0. The molecule has 1 aromatic carbocycles. The van der Waals surface area contributed by atoms with Gasteiger partial charge in [-0.3, -0.25) is 0 Å². The minimum atomic E-state index is 0. The molecule has 1 radical (unpaired) electrons. The second-order valence-corrected chi connectivity index (χ2v) is 3.75. The summed E-state index contributed by atoms with van der Waals surface area (Å²) in [4.78, 5) is 0. The second-order valence-electron chi connectivity index (χ2n) is 3.75. The first kappa shape index (κ1) is 17.9.